The molecule has 0 radical (unpaired) electrons. The van der Waals surface area contributed by atoms with Gasteiger partial charge in [0, 0.05) is 16.4 Å². The lowest BCUT2D eigenvalue weighted by molar-refractivity contribution is 1.05. The van der Waals surface area contributed by atoms with Crippen molar-refractivity contribution < 1.29 is 0 Å². The van der Waals surface area contributed by atoms with Crippen LogP contribution < -0.4 is 5.01 Å². The van der Waals surface area contributed by atoms with Gasteiger partial charge in [-0.25, -0.2) is 5.01 Å². The summed E-state index contributed by atoms with van der Waals surface area (Å²) < 4.78 is 3.18. The molecule has 1 heterocycles. The van der Waals surface area contributed by atoms with Crippen molar-refractivity contribution in [1.29, 1.82) is 0 Å². The highest BCUT2D eigenvalue weighted by molar-refractivity contribution is 9.10. The molecule has 3 aromatic carbocycles. The Morgan fingerprint density at radius 1 is 0.704 bits per heavy atom. The monoisotopic (exact) mass is 415 g/mol. The van der Waals surface area contributed by atoms with E-state index in [1.807, 2.05) is 72.0 Å². The van der Waals surface area contributed by atoms with Crippen molar-refractivity contribution in [2.45, 2.75) is 0 Å². The zero-order valence-corrected chi connectivity index (χ0v) is 16.2. The zero-order chi connectivity index (χ0) is 18.5. The highest BCUT2D eigenvalue weighted by Gasteiger charge is 2.07. The second kappa shape index (κ2) is 8.06. The molecule has 0 saturated carbocycles. The van der Waals surface area contributed by atoms with Gasteiger partial charge in [0.05, 0.1) is 23.3 Å². The molecular formula is C23H18BrN3. The molecule has 4 rings (SSSR count). The molecule has 0 aliphatic carbocycles. The van der Waals surface area contributed by atoms with Gasteiger partial charge in [-0.15, -0.1) is 0 Å². The van der Waals surface area contributed by atoms with Crippen LogP contribution in [-0.2, 0) is 0 Å². The summed E-state index contributed by atoms with van der Waals surface area (Å²) in [6.45, 7) is 0. The van der Waals surface area contributed by atoms with Gasteiger partial charge in [-0.2, -0.15) is 5.10 Å². The summed E-state index contributed by atoms with van der Waals surface area (Å²) in [4.78, 5) is 0. The minimum absolute atomic E-state index is 1.01. The number of para-hydroxylation sites is 2. The average molecular weight is 416 g/mol. The fraction of sp³-hybridized carbons (Fsp3) is 0. The number of nitrogens with zero attached hydrogens (tertiary/aromatic N) is 3. The second-order valence-electron chi connectivity index (χ2n) is 6.01. The van der Waals surface area contributed by atoms with Gasteiger partial charge in [-0.1, -0.05) is 52.3 Å². The van der Waals surface area contributed by atoms with Crippen LogP contribution in [0.25, 0.3) is 5.69 Å². The number of anilines is 2. The molecule has 0 bridgehead atoms. The van der Waals surface area contributed by atoms with Crippen LogP contribution in [0.4, 0.5) is 11.4 Å². The standard InChI is InChI=1S/C23H18BrN3/c24-19-13-15-20(16-14-19)26-17-7-12-23(26)18-25-27(21-8-3-1-4-9-21)22-10-5-2-6-11-22/h1-18H/b25-18-. The molecule has 0 amide bonds. The molecule has 27 heavy (non-hydrogen) atoms. The predicted molar refractivity (Wildman–Crippen MR) is 116 cm³/mol. The minimum atomic E-state index is 1.01. The van der Waals surface area contributed by atoms with Gasteiger partial charge in [0.25, 0.3) is 0 Å². The molecule has 0 aliphatic heterocycles. The summed E-state index contributed by atoms with van der Waals surface area (Å²) in [7, 11) is 0. The van der Waals surface area contributed by atoms with E-state index >= 15 is 0 Å². The van der Waals surface area contributed by atoms with Crippen LogP contribution in [0, 0.1) is 0 Å². The quantitative estimate of drug-likeness (QED) is 0.272. The molecule has 0 saturated heterocycles. The van der Waals surface area contributed by atoms with E-state index in [2.05, 4.69) is 63.0 Å². The Balaban J connectivity index is 1.69. The summed E-state index contributed by atoms with van der Waals surface area (Å²) in [5, 5.41) is 6.73. The van der Waals surface area contributed by atoms with Crippen molar-refractivity contribution >= 4 is 33.5 Å². The highest BCUT2D eigenvalue weighted by Crippen LogP contribution is 2.25. The molecule has 0 unspecified atom stereocenters. The molecular weight excluding hydrogens is 398 g/mol. The third-order valence-corrected chi connectivity index (χ3v) is 4.72. The average Bonchev–Trinajstić information content (AvgIpc) is 3.19. The smallest absolute Gasteiger partial charge is 0.0719 e. The van der Waals surface area contributed by atoms with Gasteiger partial charge in [0.1, 0.15) is 0 Å². The van der Waals surface area contributed by atoms with E-state index in [0.717, 1.165) is 27.2 Å². The van der Waals surface area contributed by atoms with Crippen LogP contribution in [0.15, 0.2) is 113 Å². The number of benzene rings is 3. The Labute approximate surface area is 167 Å². The van der Waals surface area contributed by atoms with Crippen molar-refractivity contribution in [3.63, 3.8) is 0 Å². The fourth-order valence-electron chi connectivity index (χ4n) is 2.87. The molecule has 3 nitrogen and oxygen atoms in total. The zero-order valence-electron chi connectivity index (χ0n) is 14.6. The van der Waals surface area contributed by atoms with Crippen LogP contribution in [0.3, 0.4) is 0 Å². The van der Waals surface area contributed by atoms with Crippen molar-refractivity contribution in [2.24, 2.45) is 5.10 Å². The van der Waals surface area contributed by atoms with Crippen LogP contribution in [0.1, 0.15) is 5.69 Å². The van der Waals surface area contributed by atoms with E-state index in [-0.39, 0.29) is 0 Å². The molecule has 0 aliphatic rings. The fourth-order valence-corrected chi connectivity index (χ4v) is 3.14. The summed E-state index contributed by atoms with van der Waals surface area (Å²) in [6, 6.07) is 32.6. The molecule has 0 N–H and O–H groups in total. The van der Waals surface area contributed by atoms with Crippen LogP contribution in [0.5, 0.6) is 0 Å². The summed E-state index contributed by atoms with van der Waals surface area (Å²) in [5.74, 6) is 0. The van der Waals surface area contributed by atoms with Crippen molar-refractivity contribution in [3.8, 4) is 5.69 Å². The molecule has 0 fully saturated rings. The highest BCUT2D eigenvalue weighted by atomic mass is 79.9. The van der Waals surface area contributed by atoms with Gasteiger partial charge in [-0.3, -0.25) is 0 Å². The van der Waals surface area contributed by atoms with Gasteiger partial charge >= 0.3 is 0 Å². The Hall–Kier alpha value is -3.11. The predicted octanol–water partition coefficient (Wildman–Crippen LogP) is 6.41. The lowest BCUT2D eigenvalue weighted by Gasteiger charge is -2.19. The van der Waals surface area contributed by atoms with Crippen molar-refractivity contribution in [2.75, 3.05) is 5.01 Å². The number of halogens is 1. The van der Waals surface area contributed by atoms with E-state index in [4.69, 9.17) is 5.10 Å². The maximum Gasteiger partial charge on any atom is 0.0719 e. The Morgan fingerprint density at radius 3 is 1.89 bits per heavy atom. The van der Waals surface area contributed by atoms with Gasteiger partial charge < -0.3 is 4.57 Å². The van der Waals surface area contributed by atoms with E-state index < -0.39 is 0 Å². The normalized spacial score (nSPS) is 11.0. The van der Waals surface area contributed by atoms with Gasteiger partial charge in [0.15, 0.2) is 0 Å². The maximum atomic E-state index is 4.79. The molecule has 1 aromatic heterocycles. The number of rotatable bonds is 5. The first-order valence-electron chi connectivity index (χ1n) is 8.69. The summed E-state index contributed by atoms with van der Waals surface area (Å²) in [6.07, 6.45) is 3.93. The number of hydrogen-bond acceptors (Lipinski definition) is 2. The van der Waals surface area contributed by atoms with E-state index in [9.17, 15) is 0 Å². The van der Waals surface area contributed by atoms with Crippen LogP contribution >= 0.6 is 15.9 Å². The van der Waals surface area contributed by atoms with Gasteiger partial charge in [-0.05, 0) is 60.7 Å². The molecule has 4 aromatic rings. The Morgan fingerprint density at radius 2 is 1.30 bits per heavy atom. The molecule has 132 valence electrons. The third kappa shape index (κ3) is 4.01. The summed E-state index contributed by atoms with van der Waals surface area (Å²) >= 11 is 3.49. The van der Waals surface area contributed by atoms with Crippen LogP contribution in [0.2, 0.25) is 0 Å². The van der Waals surface area contributed by atoms with Crippen LogP contribution in [-0.4, -0.2) is 10.8 Å². The summed E-state index contributed by atoms with van der Waals surface area (Å²) in [5.41, 5.74) is 4.13. The second-order valence-corrected chi connectivity index (χ2v) is 6.92. The van der Waals surface area contributed by atoms with E-state index in [1.165, 1.54) is 0 Å². The minimum Gasteiger partial charge on any atom is -0.316 e. The lowest BCUT2D eigenvalue weighted by Crippen LogP contribution is -2.10. The third-order valence-electron chi connectivity index (χ3n) is 4.19. The first kappa shape index (κ1) is 17.3. The van der Waals surface area contributed by atoms with Gasteiger partial charge in [0.2, 0.25) is 0 Å². The number of hydrogen-bond donors (Lipinski definition) is 0. The maximum absolute atomic E-state index is 4.79. The molecule has 4 heteroatoms. The first-order valence-corrected chi connectivity index (χ1v) is 9.48. The van der Waals surface area contributed by atoms with Crippen molar-refractivity contribution in [3.05, 3.63) is 113 Å². The molecule has 0 spiro atoms. The first-order chi connectivity index (χ1) is 13.3. The SMILES string of the molecule is Brc1ccc(-n2cccc2/C=N\N(c2ccccc2)c2ccccc2)cc1. The van der Waals surface area contributed by atoms with E-state index in [1.54, 1.807) is 0 Å². The van der Waals surface area contributed by atoms with E-state index in [0.29, 0.717) is 0 Å². The Bertz CT molecular complexity index is 983. The lowest BCUT2D eigenvalue weighted by atomic mass is 10.2. The largest absolute Gasteiger partial charge is 0.316 e. The molecule has 0 atom stereocenters. The number of hydrazone groups is 1. The topological polar surface area (TPSA) is 20.5 Å². The van der Waals surface area contributed by atoms with Crippen molar-refractivity contribution in [1.82, 2.24) is 4.57 Å². The Kier molecular flexibility index (Phi) is 5.17. The number of aromatic nitrogens is 1.